The zero-order valence-corrected chi connectivity index (χ0v) is 15.4. The third-order valence-electron chi connectivity index (χ3n) is 4.35. The molecule has 26 heavy (non-hydrogen) atoms. The molecule has 1 N–H and O–H groups in total. The van der Waals surface area contributed by atoms with E-state index in [2.05, 4.69) is 15.4 Å². The zero-order valence-electron chi connectivity index (χ0n) is 14.6. The maximum atomic E-state index is 12.4. The number of urea groups is 1. The van der Waals surface area contributed by atoms with E-state index >= 15 is 0 Å². The fourth-order valence-electron chi connectivity index (χ4n) is 2.58. The first-order chi connectivity index (χ1) is 12.6. The summed E-state index contributed by atoms with van der Waals surface area (Å²) in [5.74, 6) is 0. The van der Waals surface area contributed by atoms with Crippen LogP contribution in [-0.2, 0) is 6.54 Å². The number of rotatable bonds is 5. The van der Waals surface area contributed by atoms with Gasteiger partial charge in [0.2, 0.25) is 0 Å². The van der Waals surface area contributed by atoms with Gasteiger partial charge in [0.25, 0.3) is 0 Å². The van der Waals surface area contributed by atoms with Crippen molar-refractivity contribution in [3.05, 3.63) is 77.3 Å². The molecule has 0 aliphatic carbocycles. The summed E-state index contributed by atoms with van der Waals surface area (Å²) in [5.41, 5.74) is 2.84. The molecule has 2 aromatic carbocycles. The first-order valence-corrected chi connectivity index (χ1v) is 8.63. The Kier molecular flexibility index (Phi) is 5.53. The van der Waals surface area contributed by atoms with Crippen LogP contribution in [-0.4, -0.2) is 32.7 Å². The third-order valence-corrected chi connectivity index (χ3v) is 4.72. The van der Waals surface area contributed by atoms with E-state index in [0.717, 1.165) is 16.8 Å². The van der Waals surface area contributed by atoms with Gasteiger partial charge in [0.15, 0.2) is 0 Å². The van der Waals surface area contributed by atoms with Crippen molar-refractivity contribution >= 4 is 17.6 Å². The lowest BCUT2D eigenvalue weighted by Crippen LogP contribution is -2.38. The van der Waals surface area contributed by atoms with Crippen LogP contribution < -0.4 is 5.32 Å². The van der Waals surface area contributed by atoms with Gasteiger partial charge in [0, 0.05) is 18.6 Å². The minimum absolute atomic E-state index is 0.0777. The standard InChI is InChI=1S/C19H20ClN5O/c1-14(15-7-9-17(10-8-15)25-13-21-12-23-25)24(2)19(26)22-11-16-5-3-4-6-18(16)20/h3-10,12-14H,11H2,1-2H3,(H,22,26). The van der Waals surface area contributed by atoms with Crippen molar-refractivity contribution in [1.29, 1.82) is 0 Å². The predicted octanol–water partition coefficient (Wildman–Crippen LogP) is 3.82. The van der Waals surface area contributed by atoms with Gasteiger partial charge in [-0.15, -0.1) is 0 Å². The maximum absolute atomic E-state index is 12.4. The summed E-state index contributed by atoms with van der Waals surface area (Å²) in [6, 6.07) is 15.1. The molecular formula is C19H20ClN5O. The maximum Gasteiger partial charge on any atom is 0.317 e. The average molecular weight is 370 g/mol. The lowest BCUT2D eigenvalue weighted by atomic mass is 10.1. The van der Waals surface area contributed by atoms with Gasteiger partial charge in [0.1, 0.15) is 12.7 Å². The molecule has 134 valence electrons. The van der Waals surface area contributed by atoms with Crippen molar-refractivity contribution in [1.82, 2.24) is 25.0 Å². The molecule has 0 spiro atoms. The van der Waals surface area contributed by atoms with Crippen LogP contribution in [0.4, 0.5) is 4.79 Å². The Morgan fingerprint density at radius 2 is 1.96 bits per heavy atom. The van der Waals surface area contributed by atoms with E-state index in [0.29, 0.717) is 11.6 Å². The Morgan fingerprint density at radius 1 is 1.23 bits per heavy atom. The quantitative estimate of drug-likeness (QED) is 0.743. The summed E-state index contributed by atoms with van der Waals surface area (Å²) in [4.78, 5) is 18.1. The number of halogens is 1. The van der Waals surface area contributed by atoms with Crippen LogP contribution in [0.25, 0.3) is 5.69 Å². The first kappa shape index (κ1) is 17.9. The van der Waals surface area contributed by atoms with Crippen molar-refractivity contribution in [2.45, 2.75) is 19.5 Å². The molecule has 0 saturated heterocycles. The van der Waals surface area contributed by atoms with Gasteiger partial charge >= 0.3 is 6.03 Å². The summed E-state index contributed by atoms with van der Waals surface area (Å²) < 4.78 is 1.69. The number of amides is 2. The highest BCUT2D eigenvalue weighted by atomic mass is 35.5. The second-order valence-electron chi connectivity index (χ2n) is 5.97. The Labute approximate surface area is 157 Å². The van der Waals surface area contributed by atoms with Crippen molar-refractivity contribution in [3.63, 3.8) is 0 Å². The van der Waals surface area contributed by atoms with E-state index in [1.165, 1.54) is 6.33 Å². The van der Waals surface area contributed by atoms with Gasteiger partial charge in [-0.05, 0) is 36.2 Å². The van der Waals surface area contributed by atoms with Crippen molar-refractivity contribution < 1.29 is 4.79 Å². The molecule has 1 heterocycles. The van der Waals surface area contributed by atoms with E-state index in [9.17, 15) is 4.79 Å². The second-order valence-corrected chi connectivity index (χ2v) is 6.38. The summed E-state index contributed by atoms with van der Waals surface area (Å²) in [5, 5.41) is 7.65. The molecular weight excluding hydrogens is 350 g/mol. The fraction of sp³-hybridized carbons (Fsp3) is 0.211. The van der Waals surface area contributed by atoms with Gasteiger partial charge in [-0.25, -0.2) is 14.5 Å². The van der Waals surface area contributed by atoms with Crippen LogP contribution in [0.3, 0.4) is 0 Å². The number of nitrogens with zero attached hydrogens (tertiary/aromatic N) is 4. The number of aromatic nitrogens is 3. The van der Waals surface area contributed by atoms with E-state index in [-0.39, 0.29) is 12.1 Å². The van der Waals surface area contributed by atoms with Crippen molar-refractivity contribution in [3.8, 4) is 5.69 Å². The van der Waals surface area contributed by atoms with Crippen LogP contribution in [0.2, 0.25) is 5.02 Å². The Bertz CT molecular complexity index is 864. The Balaban J connectivity index is 1.62. The molecule has 0 saturated carbocycles. The van der Waals surface area contributed by atoms with Gasteiger partial charge < -0.3 is 10.2 Å². The highest BCUT2D eigenvalue weighted by Gasteiger charge is 2.17. The predicted molar refractivity (Wildman–Crippen MR) is 101 cm³/mol. The molecule has 0 radical (unpaired) electrons. The zero-order chi connectivity index (χ0) is 18.5. The molecule has 7 heteroatoms. The number of nitrogens with one attached hydrogen (secondary N) is 1. The molecule has 3 rings (SSSR count). The lowest BCUT2D eigenvalue weighted by molar-refractivity contribution is 0.194. The Morgan fingerprint density at radius 3 is 2.62 bits per heavy atom. The van der Waals surface area contributed by atoms with Gasteiger partial charge in [0.05, 0.1) is 11.7 Å². The Hall–Kier alpha value is -2.86. The average Bonchev–Trinajstić information content (AvgIpc) is 3.21. The molecule has 0 aliphatic rings. The van der Waals surface area contributed by atoms with Gasteiger partial charge in [-0.2, -0.15) is 5.10 Å². The minimum Gasteiger partial charge on any atom is -0.334 e. The molecule has 6 nitrogen and oxygen atoms in total. The SMILES string of the molecule is CC(c1ccc(-n2cncn2)cc1)N(C)C(=O)NCc1ccccc1Cl. The second kappa shape index (κ2) is 8.01. The summed E-state index contributed by atoms with van der Waals surface area (Å²) in [7, 11) is 1.78. The van der Waals surface area contributed by atoms with E-state index < -0.39 is 0 Å². The van der Waals surface area contributed by atoms with Gasteiger partial charge in [-0.3, -0.25) is 0 Å². The van der Waals surface area contributed by atoms with Crippen LogP contribution in [0.5, 0.6) is 0 Å². The van der Waals surface area contributed by atoms with Crippen molar-refractivity contribution in [2.75, 3.05) is 7.05 Å². The van der Waals surface area contributed by atoms with E-state index in [4.69, 9.17) is 11.6 Å². The summed E-state index contributed by atoms with van der Waals surface area (Å²) >= 11 is 6.13. The third kappa shape index (κ3) is 4.03. The first-order valence-electron chi connectivity index (χ1n) is 8.25. The normalized spacial score (nSPS) is 11.8. The number of benzene rings is 2. The molecule has 0 fully saturated rings. The fourth-order valence-corrected chi connectivity index (χ4v) is 2.79. The number of hydrogen-bond acceptors (Lipinski definition) is 3. The smallest absolute Gasteiger partial charge is 0.317 e. The van der Waals surface area contributed by atoms with E-state index in [1.54, 1.807) is 23.0 Å². The summed E-state index contributed by atoms with van der Waals surface area (Å²) in [6.45, 7) is 2.38. The monoisotopic (exact) mass is 369 g/mol. The molecule has 1 atom stereocenters. The molecule has 0 bridgehead atoms. The molecule has 1 unspecified atom stereocenters. The summed E-state index contributed by atoms with van der Waals surface area (Å²) in [6.07, 6.45) is 3.14. The minimum atomic E-state index is -0.155. The largest absolute Gasteiger partial charge is 0.334 e. The van der Waals surface area contributed by atoms with Crippen LogP contribution in [0.1, 0.15) is 24.1 Å². The highest BCUT2D eigenvalue weighted by Crippen LogP contribution is 2.21. The number of carbonyl (C=O) groups excluding carboxylic acids is 1. The van der Waals surface area contributed by atoms with E-state index in [1.807, 2.05) is 55.5 Å². The highest BCUT2D eigenvalue weighted by molar-refractivity contribution is 6.31. The van der Waals surface area contributed by atoms with Gasteiger partial charge in [-0.1, -0.05) is 41.9 Å². The topological polar surface area (TPSA) is 63.1 Å². The van der Waals surface area contributed by atoms with Crippen molar-refractivity contribution in [2.24, 2.45) is 0 Å². The molecule has 2 amide bonds. The molecule has 1 aromatic heterocycles. The molecule has 3 aromatic rings. The lowest BCUT2D eigenvalue weighted by Gasteiger charge is -2.26. The number of carbonyl (C=O) groups is 1. The molecule has 0 aliphatic heterocycles. The number of hydrogen-bond donors (Lipinski definition) is 1. The van der Waals surface area contributed by atoms with Crippen LogP contribution in [0, 0.1) is 0 Å². The van der Waals surface area contributed by atoms with Crippen LogP contribution >= 0.6 is 11.6 Å². The van der Waals surface area contributed by atoms with Crippen LogP contribution in [0.15, 0.2) is 61.2 Å².